The van der Waals surface area contributed by atoms with E-state index in [1.165, 1.54) is 0 Å². The topological polar surface area (TPSA) is 58.6 Å². The lowest BCUT2D eigenvalue weighted by molar-refractivity contribution is -0.142. The summed E-state index contributed by atoms with van der Waals surface area (Å²) in [5.41, 5.74) is 1.72. The van der Waals surface area contributed by atoms with Gasteiger partial charge in [0.2, 0.25) is 5.91 Å². The van der Waals surface area contributed by atoms with Crippen LogP contribution >= 0.6 is 27.5 Å². The van der Waals surface area contributed by atoms with E-state index < -0.39 is 6.04 Å². The summed E-state index contributed by atoms with van der Waals surface area (Å²) >= 11 is 10.1. The number of carbonyl (C=O) groups excluding carboxylic acids is 2. The third-order valence-corrected chi connectivity index (χ3v) is 7.76. The monoisotopic (exact) mass is 606 g/mol. The maximum Gasteiger partial charge on any atom is 0.261 e. The maximum atomic E-state index is 13.8. The standard InChI is InChI=1S/C32H32BrClN2O3/c1-2-3-19-35-32(38)28(20-23-11-5-4-6-12-23)36(21-25-14-8-10-16-27(25)34)30(37)22-39-29-18-17-24-13-7-9-15-26(24)31(29)33/h4-18,28H,2-3,19-22H2,1H3,(H,35,38)/t28-/m0/s1. The molecule has 39 heavy (non-hydrogen) atoms. The molecule has 0 saturated carbocycles. The SMILES string of the molecule is CCCCNC(=O)[C@H](Cc1ccccc1)N(Cc1ccccc1Cl)C(=O)COc1ccc2ccccc2c1Br. The smallest absolute Gasteiger partial charge is 0.261 e. The molecule has 1 atom stereocenters. The average molecular weight is 608 g/mol. The van der Waals surface area contributed by atoms with E-state index >= 15 is 0 Å². The first-order valence-electron chi connectivity index (χ1n) is 13.1. The molecule has 1 N–H and O–H groups in total. The number of rotatable bonds is 12. The molecule has 0 radical (unpaired) electrons. The van der Waals surface area contributed by atoms with E-state index in [1.54, 1.807) is 11.0 Å². The Balaban J connectivity index is 1.63. The second-order valence-corrected chi connectivity index (χ2v) is 10.6. The third-order valence-electron chi connectivity index (χ3n) is 6.58. The highest BCUT2D eigenvalue weighted by Gasteiger charge is 2.31. The predicted molar refractivity (Wildman–Crippen MR) is 161 cm³/mol. The first-order chi connectivity index (χ1) is 19.0. The molecule has 4 rings (SSSR count). The molecular weight excluding hydrogens is 576 g/mol. The number of benzene rings is 4. The normalized spacial score (nSPS) is 11.7. The van der Waals surface area contributed by atoms with Gasteiger partial charge < -0.3 is 15.0 Å². The first kappa shape index (κ1) is 28.7. The van der Waals surface area contributed by atoms with Crippen molar-refractivity contribution in [3.8, 4) is 5.75 Å². The zero-order valence-corrected chi connectivity index (χ0v) is 24.3. The zero-order valence-electron chi connectivity index (χ0n) is 21.9. The van der Waals surface area contributed by atoms with Crippen LogP contribution in [0.25, 0.3) is 10.8 Å². The van der Waals surface area contributed by atoms with Crippen molar-refractivity contribution < 1.29 is 14.3 Å². The Hall–Kier alpha value is -3.35. The van der Waals surface area contributed by atoms with Gasteiger partial charge in [-0.15, -0.1) is 0 Å². The summed E-state index contributed by atoms with van der Waals surface area (Å²) in [6.45, 7) is 2.58. The van der Waals surface area contributed by atoms with E-state index in [2.05, 4.69) is 28.2 Å². The summed E-state index contributed by atoms with van der Waals surface area (Å²) in [5.74, 6) is 0.0629. The van der Waals surface area contributed by atoms with Crippen LogP contribution in [0.2, 0.25) is 5.02 Å². The van der Waals surface area contributed by atoms with Gasteiger partial charge in [0, 0.05) is 24.5 Å². The molecule has 0 bridgehead atoms. The number of nitrogens with zero attached hydrogens (tertiary/aromatic N) is 1. The first-order valence-corrected chi connectivity index (χ1v) is 14.3. The second kappa shape index (κ2) is 14.2. The number of unbranched alkanes of at least 4 members (excludes halogenated alkanes) is 1. The molecule has 0 aromatic heterocycles. The Bertz CT molecular complexity index is 1410. The lowest BCUT2D eigenvalue weighted by Crippen LogP contribution is -2.51. The van der Waals surface area contributed by atoms with E-state index in [-0.39, 0.29) is 25.0 Å². The molecule has 0 unspecified atom stereocenters. The van der Waals surface area contributed by atoms with Gasteiger partial charge in [0.05, 0.1) is 4.47 Å². The Labute approximate surface area is 243 Å². The highest BCUT2D eigenvalue weighted by molar-refractivity contribution is 9.10. The van der Waals surface area contributed by atoms with E-state index in [1.807, 2.05) is 84.9 Å². The molecule has 0 saturated heterocycles. The zero-order chi connectivity index (χ0) is 27.6. The molecule has 2 amide bonds. The van der Waals surface area contributed by atoms with Crippen LogP contribution in [-0.2, 0) is 22.6 Å². The minimum absolute atomic E-state index is 0.180. The van der Waals surface area contributed by atoms with Crippen LogP contribution in [0, 0.1) is 0 Å². The number of fused-ring (bicyclic) bond motifs is 1. The number of hydrogen-bond acceptors (Lipinski definition) is 3. The van der Waals surface area contributed by atoms with Crippen molar-refractivity contribution in [3.63, 3.8) is 0 Å². The Morgan fingerprint density at radius 2 is 1.67 bits per heavy atom. The van der Waals surface area contributed by atoms with Gasteiger partial charge in [-0.2, -0.15) is 0 Å². The van der Waals surface area contributed by atoms with Gasteiger partial charge in [0.1, 0.15) is 11.8 Å². The molecule has 202 valence electrons. The predicted octanol–water partition coefficient (Wildman–Crippen LogP) is 7.19. The van der Waals surface area contributed by atoms with Crippen LogP contribution < -0.4 is 10.1 Å². The van der Waals surface area contributed by atoms with Crippen molar-refractivity contribution >= 4 is 50.1 Å². The number of carbonyl (C=O) groups is 2. The van der Waals surface area contributed by atoms with Crippen LogP contribution in [-0.4, -0.2) is 35.9 Å². The number of ether oxygens (including phenoxy) is 1. The van der Waals surface area contributed by atoms with E-state index in [0.29, 0.717) is 23.7 Å². The summed E-state index contributed by atoms with van der Waals surface area (Å²) in [4.78, 5) is 29.0. The molecule has 0 aliphatic heterocycles. The Morgan fingerprint density at radius 3 is 2.44 bits per heavy atom. The molecular formula is C32H32BrClN2O3. The Kier molecular flexibility index (Phi) is 10.4. The second-order valence-electron chi connectivity index (χ2n) is 9.35. The van der Waals surface area contributed by atoms with E-state index in [0.717, 1.165) is 39.2 Å². The van der Waals surface area contributed by atoms with Crippen molar-refractivity contribution in [1.29, 1.82) is 0 Å². The number of amides is 2. The van der Waals surface area contributed by atoms with Gasteiger partial charge in [-0.3, -0.25) is 9.59 Å². The van der Waals surface area contributed by atoms with Gasteiger partial charge in [-0.05, 0) is 56.4 Å². The highest BCUT2D eigenvalue weighted by atomic mass is 79.9. The molecule has 5 nitrogen and oxygen atoms in total. The van der Waals surface area contributed by atoms with Gasteiger partial charge in [-0.25, -0.2) is 0 Å². The molecule has 7 heteroatoms. The number of halogens is 2. The van der Waals surface area contributed by atoms with Gasteiger partial charge in [-0.1, -0.05) is 104 Å². The minimum atomic E-state index is -0.739. The minimum Gasteiger partial charge on any atom is -0.483 e. The maximum absolute atomic E-state index is 13.8. The summed E-state index contributed by atoms with van der Waals surface area (Å²) in [5, 5.41) is 5.63. The molecule has 4 aromatic carbocycles. The third kappa shape index (κ3) is 7.61. The quantitative estimate of drug-likeness (QED) is 0.173. The summed E-state index contributed by atoms with van der Waals surface area (Å²) in [6, 6.07) is 28.1. The molecule has 0 fully saturated rings. The number of nitrogens with one attached hydrogen (secondary N) is 1. The molecule has 0 aliphatic rings. The van der Waals surface area contributed by atoms with Gasteiger partial charge in [0.15, 0.2) is 6.61 Å². The van der Waals surface area contributed by atoms with Crippen molar-refractivity contribution in [3.05, 3.63) is 112 Å². The van der Waals surface area contributed by atoms with Crippen molar-refractivity contribution in [2.24, 2.45) is 0 Å². The molecule has 0 heterocycles. The van der Waals surface area contributed by atoms with Crippen LogP contribution in [0.3, 0.4) is 0 Å². The fraction of sp³-hybridized carbons (Fsp3) is 0.250. The van der Waals surface area contributed by atoms with Crippen molar-refractivity contribution in [2.75, 3.05) is 13.2 Å². The highest BCUT2D eigenvalue weighted by Crippen LogP contribution is 2.33. The summed E-state index contributed by atoms with van der Waals surface area (Å²) < 4.78 is 6.81. The number of hydrogen-bond donors (Lipinski definition) is 1. The van der Waals surface area contributed by atoms with E-state index in [4.69, 9.17) is 16.3 Å². The lowest BCUT2D eigenvalue weighted by Gasteiger charge is -2.31. The summed E-state index contributed by atoms with van der Waals surface area (Å²) in [6.07, 6.45) is 2.19. The molecule has 0 spiro atoms. The molecule has 0 aliphatic carbocycles. The lowest BCUT2D eigenvalue weighted by atomic mass is 10.0. The van der Waals surface area contributed by atoms with E-state index in [9.17, 15) is 9.59 Å². The largest absolute Gasteiger partial charge is 0.483 e. The average Bonchev–Trinajstić information content (AvgIpc) is 2.96. The van der Waals surface area contributed by atoms with Crippen LogP contribution in [0.1, 0.15) is 30.9 Å². The van der Waals surface area contributed by atoms with Crippen molar-refractivity contribution in [2.45, 2.75) is 38.8 Å². The van der Waals surface area contributed by atoms with Crippen LogP contribution in [0.4, 0.5) is 0 Å². The van der Waals surface area contributed by atoms with Crippen molar-refractivity contribution in [1.82, 2.24) is 10.2 Å². The molecule has 4 aromatic rings. The van der Waals surface area contributed by atoms with Gasteiger partial charge >= 0.3 is 0 Å². The summed E-state index contributed by atoms with van der Waals surface area (Å²) in [7, 11) is 0. The van der Waals surface area contributed by atoms with Crippen LogP contribution in [0.15, 0.2) is 95.5 Å². The van der Waals surface area contributed by atoms with Gasteiger partial charge in [0.25, 0.3) is 5.91 Å². The fourth-order valence-corrected chi connectivity index (χ4v) is 5.22. The Morgan fingerprint density at radius 1 is 0.949 bits per heavy atom. The fourth-order valence-electron chi connectivity index (χ4n) is 4.42. The van der Waals surface area contributed by atoms with Crippen LogP contribution in [0.5, 0.6) is 5.75 Å².